The third kappa shape index (κ3) is 42.1. The lowest BCUT2D eigenvalue weighted by atomic mass is 9.87. The number of thiophene rings is 2. The van der Waals surface area contributed by atoms with E-state index in [9.17, 15) is 67.7 Å². The molecule has 8 aromatic rings. The summed E-state index contributed by atoms with van der Waals surface area (Å²) in [7, 11) is -12.5. The molecule has 6 aromatic carbocycles. The highest BCUT2D eigenvalue weighted by Gasteiger charge is 2.30. The zero-order chi connectivity index (χ0) is 91.1. The van der Waals surface area contributed by atoms with Crippen LogP contribution in [0.5, 0.6) is 0 Å². The van der Waals surface area contributed by atoms with Crippen molar-refractivity contribution in [2.45, 2.75) is 262 Å². The molecule has 4 unspecified atom stereocenters. The fourth-order valence-corrected chi connectivity index (χ4v) is 19.5. The summed E-state index contributed by atoms with van der Waals surface area (Å²) < 4.78 is 127. The van der Waals surface area contributed by atoms with E-state index in [1.807, 2.05) is 62.3 Å². The van der Waals surface area contributed by atoms with Crippen LogP contribution in [-0.2, 0) is 115 Å². The SMILES string of the molecule is CC(C)(C)c1ccc(-[s+]2c3ccccc3c3ccccc32)cc1.CC(C)(C)c1ccc(-[s+]2ccc3ccccc32)cc1.CC(C)(C)c1ccc([S+]2CCCCC2)cc1.CCC(CC(=O)OCCS(=O)(=O)[O-])OC(=O)CC(C)(C)C.CCC(CC(=O)OCCS(=O)(=O)[O-])OC(=O)CC(C)(C)C.CCC(CC(=O)OCCS(=O)(=O)[O-])OC(=O)CC(C)(C)C. The monoisotopic (exact) mass is 1790 g/mol. The molecule has 2 aromatic heterocycles. The number of fused-ring (bicyclic) bond motifs is 4. The first-order valence-electron chi connectivity index (χ1n) is 41.2. The standard InChI is InChI=1S/C22H21S.C18H19S.C15H23S.3C13H24O7S/c1-22(2,3)16-12-14-17(15-13-16)23-20-10-6-4-8-18(20)19-9-5-7-11-21(19)23;1-18(2,3)15-8-10-16(11-9-15)19-13-12-14-6-4-5-7-17(14)19;1-15(2,3)13-7-9-14(10-8-13)16-11-5-4-6-12-16;3*1-5-10(20-12(15)9-13(2,3)4)8-11(14)19-6-7-21(16,17)18/h4-15H,1-3H3;4-13H,1-3H3;7-10H,4-6,11-12H2,1-3H3;3*10H,5-9H2,1-4H3,(H,16,17,18)/q3*+1;;;/p-3. The molecule has 0 amide bonds. The Hall–Kier alpha value is -7.60. The van der Waals surface area contributed by atoms with Crippen molar-refractivity contribution < 1.29 is 96.1 Å². The molecule has 121 heavy (non-hydrogen) atoms. The van der Waals surface area contributed by atoms with Crippen LogP contribution in [0.15, 0.2) is 162 Å². The van der Waals surface area contributed by atoms with Crippen LogP contribution in [0, 0.1) is 16.2 Å². The normalized spacial score (nSPS) is 13.9. The van der Waals surface area contributed by atoms with Gasteiger partial charge in [-0.3, -0.25) is 28.8 Å². The molecule has 3 heterocycles. The second-order valence-electron chi connectivity index (χ2n) is 36.6. The number of carbonyl (C=O) groups excluding carboxylic acids is 6. The van der Waals surface area contributed by atoms with E-state index < -0.39 is 122 Å². The van der Waals surface area contributed by atoms with Gasteiger partial charge in [0.15, 0.2) is 28.8 Å². The Kier molecular flexibility index (Phi) is 42.0. The van der Waals surface area contributed by atoms with E-state index in [0.29, 0.717) is 30.2 Å². The van der Waals surface area contributed by atoms with Crippen LogP contribution in [0.2, 0.25) is 0 Å². The number of esters is 6. The minimum Gasteiger partial charge on any atom is -0.748 e. The van der Waals surface area contributed by atoms with Gasteiger partial charge in [-0.15, -0.1) is 0 Å². The molecule has 27 heteroatoms. The van der Waals surface area contributed by atoms with Gasteiger partial charge in [0.2, 0.25) is 0 Å². The van der Waals surface area contributed by atoms with Crippen molar-refractivity contribution >= 4 is 128 Å². The van der Waals surface area contributed by atoms with Crippen molar-refractivity contribution in [1.29, 1.82) is 0 Å². The van der Waals surface area contributed by atoms with Gasteiger partial charge in [0.1, 0.15) is 55.0 Å². The zero-order valence-corrected chi connectivity index (χ0v) is 79.8. The predicted molar refractivity (Wildman–Crippen MR) is 488 cm³/mol. The maximum absolute atomic E-state index is 11.7. The Labute approximate surface area is 729 Å². The minimum absolute atomic E-state index is 0.0244. The first-order valence-corrected chi connectivity index (χ1v) is 50.1. The summed E-state index contributed by atoms with van der Waals surface area (Å²) in [5.74, 6) is -2.74. The Bertz CT molecular complexity index is 4680. The summed E-state index contributed by atoms with van der Waals surface area (Å²) in [6, 6.07) is 56.4. The van der Waals surface area contributed by atoms with E-state index in [-0.39, 0.29) is 92.0 Å². The second kappa shape index (κ2) is 48.0. The summed E-state index contributed by atoms with van der Waals surface area (Å²) >= 11 is 0. The summed E-state index contributed by atoms with van der Waals surface area (Å²) in [6.45, 7) is 41.3. The molecule has 1 aliphatic heterocycles. The summed E-state index contributed by atoms with van der Waals surface area (Å²) in [5.41, 5.74) is 4.33. The Balaban J connectivity index is 0.000000306. The number of benzene rings is 6. The van der Waals surface area contributed by atoms with Gasteiger partial charge in [-0.2, -0.15) is 0 Å². The molecular formula is C94H132O21S6. The van der Waals surface area contributed by atoms with E-state index in [0.717, 1.165) is 0 Å². The largest absolute Gasteiger partial charge is 0.748 e. The smallest absolute Gasteiger partial charge is 0.309 e. The maximum atomic E-state index is 11.7. The molecule has 0 N–H and O–H groups in total. The summed E-state index contributed by atoms with van der Waals surface area (Å²) in [6.07, 6.45) is 3.98. The first-order chi connectivity index (χ1) is 56.0. The van der Waals surface area contributed by atoms with Gasteiger partial charge in [-0.25, -0.2) is 25.3 Å². The highest BCUT2D eigenvalue weighted by Crippen LogP contribution is 2.49. The Morgan fingerprint density at radius 2 is 0.645 bits per heavy atom. The molecule has 670 valence electrons. The number of carbonyl (C=O) groups is 6. The van der Waals surface area contributed by atoms with Crippen LogP contribution >= 0.6 is 20.9 Å². The molecule has 21 nitrogen and oxygen atoms in total. The third-order valence-corrected chi connectivity index (χ3v) is 27.4. The van der Waals surface area contributed by atoms with Crippen molar-refractivity contribution in [2.24, 2.45) is 16.2 Å². The first kappa shape index (κ1) is 106. The molecule has 0 spiro atoms. The van der Waals surface area contributed by atoms with Crippen molar-refractivity contribution in [2.75, 3.05) is 48.6 Å². The van der Waals surface area contributed by atoms with Gasteiger partial charge in [0.25, 0.3) is 0 Å². The lowest BCUT2D eigenvalue weighted by molar-refractivity contribution is -0.158. The summed E-state index contributed by atoms with van der Waals surface area (Å²) in [5, 5.41) is 6.49. The van der Waals surface area contributed by atoms with E-state index in [1.54, 1.807) is 25.7 Å². The van der Waals surface area contributed by atoms with Gasteiger partial charge in [0.05, 0.1) is 86.1 Å². The van der Waals surface area contributed by atoms with E-state index in [1.165, 1.54) is 87.5 Å². The van der Waals surface area contributed by atoms with Crippen LogP contribution in [0.25, 0.3) is 40.0 Å². The quantitative estimate of drug-likeness (QED) is 0.0200. The van der Waals surface area contributed by atoms with Gasteiger partial charge in [-0.1, -0.05) is 218 Å². The Morgan fingerprint density at radius 3 is 0.942 bits per heavy atom. The van der Waals surface area contributed by atoms with Gasteiger partial charge in [-0.05, 0) is 161 Å². The number of hydrogen-bond acceptors (Lipinski definition) is 21. The highest BCUT2D eigenvalue weighted by atomic mass is 32.2. The molecule has 0 saturated carbocycles. The predicted octanol–water partition coefficient (Wildman–Crippen LogP) is 20.7. The fraction of sp³-hybridized carbons (Fsp3) is 0.532. The molecule has 0 aliphatic carbocycles. The van der Waals surface area contributed by atoms with E-state index in [2.05, 4.69) is 234 Å². The molecule has 0 radical (unpaired) electrons. The van der Waals surface area contributed by atoms with Crippen LogP contribution in [0.4, 0.5) is 0 Å². The molecule has 9 rings (SSSR count). The van der Waals surface area contributed by atoms with Crippen LogP contribution in [0.1, 0.15) is 239 Å². The molecule has 0 bridgehead atoms. The van der Waals surface area contributed by atoms with Gasteiger partial charge in [0, 0.05) is 54.1 Å². The van der Waals surface area contributed by atoms with Crippen molar-refractivity contribution in [1.82, 2.24) is 0 Å². The fourth-order valence-electron chi connectivity index (χ4n) is 12.0. The van der Waals surface area contributed by atoms with Crippen LogP contribution in [0.3, 0.4) is 0 Å². The number of rotatable bonds is 27. The number of ether oxygens (including phenoxy) is 6. The Morgan fingerprint density at radius 1 is 0.355 bits per heavy atom. The van der Waals surface area contributed by atoms with Crippen molar-refractivity contribution in [3.63, 3.8) is 0 Å². The van der Waals surface area contributed by atoms with E-state index in [4.69, 9.17) is 14.2 Å². The molecule has 4 atom stereocenters. The van der Waals surface area contributed by atoms with Crippen LogP contribution < -0.4 is 0 Å². The van der Waals surface area contributed by atoms with Gasteiger partial charge >= 0.3 is 35.8 Å². The lowest BCUT2D eigenvalue weighted by Crippen LogP contribution is -2.25. The average molecular weight is 1790 g/mol. The molecular weight excluding hydrogens is 1660 g/mol. The van der Waals surface area contributed by atoms with Crippen LogP contribution in [-0.4, -0.2) is 142 Å². The molecule has 1 saturated heterocycles. The van der Waals surface area contributed by atoms with Crippen molar-refractivity contribution in [3.05, 3.63) is 174 Å². The van der Waals surface area contributed by atoms with Gasteiger partial charge < -0.3 is 42.1 Å². The topological polar surface area (TPSA) is 329 Å². The third-order valence-electron chi connectivity index (χ3n) is 18.6. The van der Waals surface area contributed by atoms with Crippen molar-refractivity contribution in [3.8, 4) is 9.79 Å². The minimum atomic E-state index is -4.41. The molecule has 1 aliphatic rings. The maximum Gasteiger partial charge on any atom is 0.309 e. The molecule has 1 fully saturated rings. The second-order valence-corrected chi connectivity index (χ2v) is 47.3. The highest BCUT2D eigenvalue weighted by molar-refractivity contribution is 7.97. The number of hydrogen-bond donors (Lipinski definition) is 0. The average Bonchev–Trinajstić information content (AvgIpc) is 1.60. The lowest BCUT2D eigenvalue weighted by Gasteiger charge is -2.20. The van der Waals surface area contributed by atoms with E-state index >= 15 is 0 Å². The summed E-state index contributed by atoms with van der Waals surface area (Å²) in [4.78, 5) is 73.8. The zero-order valence-electron chi connectivity index (χ0n) is 74.9.